The lowest BCUT2D eigenvalue weighted by molar-refractivity contribution is 0.0794. The van der Waals surface area contributed by atoms with Gasteiger partial charge in [0.2, 0.25) is 0 Å². The van der Waals surface area contributed by atoms with Crippen molar-refractivity contribution < 1.29 is 0 Å². The maximum atomic E-state index is 4.59. The number of likely N-dealkylation sites (tertiary alicyclic amines) is 1. The van der Waals surface area contributed by atoms with Crippen LogP contribution in [0.15, 0.2) is 22.8 Å². The fraction of sp³-hybridized carbons (Fsp3) is 0.706. The van der Waals surface area contributed by atoms with E-state index in [1.165, 1.54) is 57.3 Å². The average Bonchev–Trinajstić information content (AvgIpc) is 3.18. The Balaban J connectivity index is 1.80. The zero-order valence-electron chi connectivity index (χ0n) is 12.9. The molecule has 2 aliphatic rings. The molecule has 0 aromatic carbocycles. The summed E-state index contributed by atoms with van der Waals surface area (Å²) < 4.78 is 1.06. The number of pyridine rings is 1. The van der Waals surface area contributed by atoms with Crippen LogP contribution in [0.3, 0.4) is 0 Å². The van der Waals surface area contributed by atoms with E-state index in [9.17, 15) is 0 Å². The van der Waals surface area contributed by atoms with E-state index in [1.807, 2.05) is 6.20 Å². The molecule has 116 valence electrons. The van der Waals surface area contributed by atoms with Crippen LogP contribution in [0.1, 0.15) is 44.2 Å². The summed E-state index contributed by atoms with van der Waals surface area (Å²) in [5.74, 6) is 0. The van der Waals surface area contributed by atoms with Gasteiger partial charge in [0.05, 0.1) is 0 Å². The highest BCUT2D eigenvalue weighted by Gasteiger charge is 2.46. The molecule has 1 aliphatic heterocycles. The van der Waals surface area contributed by atoms with Crippen LogP contribution >= 0.6 is 15.9 Å². The smallest absolute Gasteiger partial charge is 0.0420 e. The molecule has 1 aromatic rings. The van der Waals surface area contributed by atoms with Crippen LogP contribution in [0, 0.1) is 0 Å². The minimum Gasteiger partial charge on any atom is -0.315 e. The van der Waals surface area contributed by atoms with Crippen LogP contribution in [0.2, 0.25) is 0 Å². The summed E-state index contributed by atoms with van der Waals surface area (Å²) in [6.07, 6.45) is 11.1. The molecule has 0 radical (unpaired) electrons. The second kappa shape index (κ2) is 6.76. The van der Waals surface area contributed by atoms with Crippen molar-refractivity contribution in [3.05, 3.63) is 28.5 Å². The lowest BCUT2D eigenvalue weighted by Gasteiger charge is -2.45. The molecular weight excluding hydrogens is 326 g/mol. The quantitative estimate of drug-likeness (QED) is 0.881. The Morgan fingerprint density at radius 1 is 1.24 bits per heavy atom. The maximum absolute atomic E-state index is 4.59. The van der Waals surface area contributed by atoms with Gasteiger partial charge >= 0.3 is 0 Å². The van der Waals surface area contributed by atoms with Gasteiger partial charge in [0.1, 0.15) is 0 Å². The second-order valence-electron chi connectivity index (χ2n) is 6.52. The first-order valence-electron chi connectivity index (χ1n) is 8.27. The molecule has 21 heavy (non-hydrogen) atoms. The number of aromatic nitrogens is 1. The number of nitrogens with zero attached hydrogens (tertiary/aromatic N) is 2. The maximum Gasteiger partial charge on any atom is 0.0420 e. The summed E-state index contributed by atoms with van der Waals surface area (Å²) in [7, 11) is 2.12. The zero-order valence-corrected chi connectivity index (χ0v) is 14.5. The molecule has 2 heterocycles. The van der Waals surface area contributed by atoms with Crippen molar-refractivity contribution in [2.75, 3.05) is 20.1 Å². The zero-order chi connectivity index (χ0) is 14.7. The minimum atomic E-state index is 0.361. The molecule has 4 heteroatoms. The van der Waals surface area contributed by atoms with Gasteiger partial charge in [-0.05, 0) is 73.9 Å². The second-order valence-corrected chi connectivity index (χ2v) is 7.43. The van der Waals surface area contributed by atoms with Crippen LogP contribution < -0.4 is 5.32 Å². The summed E-state index contributed by atoms with van der Waals surface area (Å²) >= 11 is 3.47. The van der Waals surface area contributed by atoms with E-state index in [-0.39, 0.29) is 0 Å². The highest BCUT2D eigenvalue weighted by molar-refractivity contribution is 9.10. The van der Waals surface area contributed by atoms with Crippen LogP contribution in [-0.4, -0.2) is 41.6 Å². The Morgan fingerprint density at radius 2 is 1.95 bits per heavy atom. The number of hydrogen-bond donors (Lipinski definition) is 1. The first-order chi connectivity index (χ1) is 10.2. The lowest BCUT2D eigenvalue weighted by atomic mass is 9.83. The van der Waals surface area contributed by atoms with Gasteiger partial charge in [-0.25, -0.2) is 0 Å². The van der Waals surface area contributed by atoms with Gasteiger partial charge in [0, 0.05) is 34.4 Å². The molecule has 0 amide bonds. The molecule has 2 fully saturated rings. The Labute approximate surface area is 136 Å². The van der Waals surface area contributed by atoms with Crippen molar-refractivity contribution in [1.29, 1.82) is 0 Å². The first-order valence-corrected chi connectivity index (χ1v) is 9.07. The third-order valence-corrected chi connectivity index (χ3v) is 5.87. The molecule has 1 saturated carbocycles. The fourth-order valence-electron chi connectivity index (χ4n) is 4.33. The van der Waals surface area contributed by atoms with E-state index in [1.54, 1.807) is 0 Å². The van der Waals surface area contributed by atoms with E-state index in [2.05, 4.69) is 50.3 Å². The van der Waals surface area contributed by atoms with Gasteiger partial charge < -0.3 is 5.32 Å². The monoisotopic (exact) mass is 351 g/mol. The predicted octanol–water partition coefficient (Wildman–Crippen LogP) is 3.38. The van der Waals surface area contributed by atoms with E-state index in [0.717, 1.165) is 10.9 Å². The van der Waals surface area contributed by atoms with Crippen molar-refractivity contribution >= 4 is 15.9 Å². The molecule has 1 aromatic heterocycles. The SMILES string of the molecule is CNC(Cc1ccc(Br)cn1)C1(N2CCCC2)CCCC1. The third kappa shape index (κ3) is 3.17. The van der Waals surface area contributed by atoms with Crippen LogP contribution in [0.5, 0.6) is 0 Å². The number of hydrogen-bond acceptors (Lipinski definition) is 3. The largest absolute Gasteiger partial charge is 0.315 e. The van der Waals surface area contributed by atoms with Gasteiger partial charge in [-0.1, -0.05) is 12.8 Å². The van der Waals surface area contributed by atoms with Crippen molar-refractivity contribution in [1.82, 2.24) is 15.2 Å². The Morgan fingerprint density at radius 3 is 2.52 bits per heavy atom. The van der Waals surface area contributed by atoms with E-state index in [4.69, 9.17) is 0 Å². The first kappa shape index (κ1) is 15.4. The van der Waals surface area contributed by atoms with Gasteiger partial charge in [-0.2, -0.15) is 0 Å². The van der Waals surface area contributed by atoms with Crippen molar-refractivity contribution in [2.45, 2.75) is 56.5 Å². The van der Waals surface area contributed by atoms with Crippen molar-refractivity contribution in [2.24, 2.45) is 0 Å². The molecule has 3 rings (SSSR count). The molecule has 1 N–H and O–H groups in total. The Kier molecular flexibility index (Phi) is 4.97. The molecule has 3 nitrogen and oxygen atoms in total. The molecule has 1 atom stereocenters. The van der Waals surface area contributed by atoms with Crippen molar-refractivity contribution in [3.63, 3.8) is 0 Å². The normalized spacial score (nSPS) is 23.5. The summed E-state index contributed by atoms with van der Waals surface area (Å²) in [4.78, 5) is 7.37. The standard InChI is InChI=1S/C17H26BrN3/c1-19-16(12-15-7-6-14(18)13-20-15)17(8-2-3-9-17)21-10-4-5-11-21/h6-7,13,16,19H,2-5,8-12H2,1H3. The average molecular weight is 352 g/mol. The van der Waals surface area contributed by atoms with Gasteiger partial charge in [-0.15, -0.1) is 0 Å². The lowest BCUT2D eigenvalue weighted by Crippen LogP contribution is -2.59. The molecule has 1 aliphatic carbocycles. The number of halogens is 1. The van der Waals surface area contributed by atoms with Crippen molar-refractivity contribution in [3.8, 4) is 0 Å². The summed E-state index contributed by atoms with van der Waals surface area (Å²) in [6, 6.07) is 4.76. The fourth-order valence-corrected chi connectivity index (χ4v) is 4.57. The van der Waals surface area contributed by atoms with Crippen LogP contribution in [0.4, 0.5) is 0 Å². The topological polar surface area (TPSA) is 28.2 Å². The van der Waals surface area contributed by atoms with Gasteiger partial charge in [0.15, 0.2) is 0 Å². The van der Waals surface area contributed by atoms with Gasteiger partial charge in [-0.3, -0.25) is 9.88 Å². The molecule has 1 saturated heterocycles. The molecule has 1 unspecified atom stereocenters. The highest BCUT2D eigenvalue weighted by atomic mass is 79.9. The molecular formula is C17H26BrN3. The predicted molar refractivity (Wildman–Crippen MR) is 90.5 cm³/mol. The van der Waals surface area contributed by atoms with E-state index >= 15 is 0 Å². The third-order valence-electron chi connectivity index (χ3n) is 5.40. The molecule has 0 spiro atoms. The summed E-state index contributed by atoms with van der Waals surface area (Å²) in [6.45, 7) is 2.57. The van der Waals surface area contributed by atoms with Crippen LogP contribution in [-0.2, 0) is 6.42 Å². The minimum absolute atomic E-state index is 0.361. The number of rotatable bonds is 5. The molecule has 0 bridgehead atoms. The highest BCUT2D eigenvalue weighted by Crippen LogP contribution is 2.40. The van der Waals surface area contributed by atoms with Crippen LogP contribution in [0.25, 0.3) is 0 Å². The summed E-state index contributed by atoms with van der Waals surface area (Å²) in [5, 5.41) is 3.63. The van der Waals surface area contributed by atoms with Gasteiger partial charge in [0.25, 0.3) is 0 Å². The Hall–Kier alpha value is -0.450. The summed E-state index contributed by atoms with van der Waals surface area (Å²) in [5.41, 5.74) is 1.56. The van der Waals surface area contributed by atoms with E-state index < -0.39 is 0 Å². The number of nitrogens with one attached hydrogen (secondary N) is 1. The Bertz CT molecular complexity index is 448. The number of likely N-dealkylation sites (N-methyl/N-ethyl adjacent to an activating group) is 1. The van der Waals surface area contributed by atoms with E-state index in [0.29, 0.717) is 11.6 Å².